The highest BCUT2D eigenvalue weighted by Gasteiger charge is 2.38. The summed E-state index contributed by atoms with van der Waals surface area (Å²) >= 11 is 0. The lowest BCUT2D eigenvalue weighted by Crippen LogP contribution is -2.56. The molecule has 0 atom stereocenters. The first-order valence-electron chi connectivity index (χ1n) is 11.2. The quantitative estimate of drug-likeness (QED) is 0.502. The fourth-order valence-electron chi connectivity index (χ4n) is 4.47. The molecule has 1 N–H and O–H groups in total. The van der Waals surface area contributed by atoms with Gasteiger partial charge in [0, 0.05) is 45.3 Å². The van der Waals surface area contributed by atoms with E-state index in [4.69, 9.17) is 9.73 Å². The molecule has 1 aliphatic heterocycles. The van der Waals surface area contributed by atoms with Gasteiger partial charge in [0.15, 0.2) is 5.96 Å². The highest BCUT2D eigenvalue weighted by molar-refractivity contribution is 5.86. The number of amides is 1. The van der Waals surface area contributed by atoms with E-state index in [0.29, 0.717) is 6.54 Å². The van der Waals surface area contributed by atoms with Crippen LogP contribution in [0.4, 0.5) is 0 Å². The number of likely N-dealkylation sites (N-methyl/N-ethyl adjacent to an activating group) is 2. The minimum atomic E-state index is 0.145. The molecule has 2 rings (SSSR count). The molecule has 0 aromatic carbocycles. The molecule has 0 aromatic rings. The van der Waals surface area contributed by atoms with Crippen molar-refractivity contribution in [3.05, 3.63) is 0 Å². The van der Waals surface area contributed by atoms with Crippen LogP contribution in [0.5, 0.6) is 0 Å². The molecule has 2 aliphatic rings. The highest BCUT2D eigenvalue weighted by atomic mass is 16.5. The summed E-state index contributed by atoms with van der Waals surface area (Å²) in [5.41, 5.74) is 0.145. The van der Waals surface area contributed by atoms with E-state index < -0.39 is 0 Å². The van der Waals surface area contributed by atoms with Crippen LogP contribution in [0.25, 0.3) is 0 Å². The number of nitrogens with zero attached hydrogens (tertiary/aromatic N) is 4. The lowest BCUT2D eigenvalue weighted by atomic mass is 9.80. The third-order valence-electron chi connectivity index (χ3n) is 6.17. The van der Waals surface area contributed by atoms with Crippen LogP contribution in [0.2, 0.25) is 0 Å². The van der Waals surface area contributed by atoms with Crippen LogP contribution in [0, 0.1) is 0 Å². The molecule has 1 heterocycles. The maximum absolute atomic E-state index is 12.5. The Labute approximate surface area is 171 Å². The molecule has 0 radical (unpaired) electrons. The first kappa shape index (κ1) is 22.9. The summed E-state index contributed by atoms with van der Waals surface area (Å²) in [6.07, 6.45) is 6.30. The summed E-state index contributed by atoms with van der Waals surface area (Å²) in [7, 11) is 1.96. The van der Waals surface area contributed by atoms with Gasteiger partial charge in [-0.25, -0.2) is 0 Å². The summed E-state index contributed by atoms with van der Waals surface area (Å²) in [5, 5.41) is 3.38. The van der Waals surface area contributed by atoms with Crippen LogP contribution < -0.4 is 5.32 Å². The summed E-state index contributed by atoms with van der Waals surface area (Å²) in [4.78, 5) is 24.0. The maximum Gasteiger partial charge on any atom is 0.242 e. The van der Waals surface area contributed by atoms with Crippen LogP contribution in [0.3, 0.4) is 0 Å². The van der Waals surface area contributed by atoms with E-state index in [1.807, 2.05) is 30.7 Å². The van der Waals surface area contributed by atoms with Gasteiger partial charge in [0.05, 0.1) is 26.3 Å². The van der Waals surface area contributed by atoms with Crippen LogP contribution in [0.1, 0.15) is 52.9 Å². The molecular weight excluding hydrogens is 354 g/mol. The predicted molar refractivity (Wildman–Crippen MR) is 115 cm³/mol. The Morgan fingerprint density at radius 3 is 2.32 bits per heavy atom. The summed E-state index contributed by atoms with van der Waals surface area (Å²) < 4.78 is 5.59. The molecule has 0 aromatic heterocycles. The lowest BCUT2D eigenvalue weighted by molar-refractivity contribution is -0.131. The number of rotatable bonds is 8. The van der Waals surface area contributed by atoms with Crippen LogP contribution in [0.15, 0.2) is 4.99 Å². The molecular formula is C21H41N5O2. The monoisotopic (exact) mass is 395 g/mol. The number of carbonyl (C=O) groups excluding carboxylic acids is 1. The molecule has 7 heteroatoms. The topological polar surface area (TPSA) is 60.4 Å². The zero-order valence-corrected chi connectivity index (χ0v) is 18.5. The van der Waals surface area contributed by atoms with E-state index in [9.17, 15) is 4.79 Å². The van der Waals surface area contributed by atoms with E-state index in [-0.39, 0.29) is 11.4 Å². The number of guanidine groups is 1. The van der Waals surface area contributed by atoms with E-state index in [1.54, 1.807) is 0 Å². The third-order valence-corrected chi connectivity index (χ3v) is 6.17. The maximum atomic E-state index is 12.5. The molecule has 162 valence electrons. The molecule has 7 nitrogen and oxygen atoms in total. The van der Waals surface area contributed by atoms with E-state index >= 15 is 0 Å². The summed E-state index contributed by atoms with van der Waals surface area (Å²) in [6.45, 7) is 13.2. The van der Waals surface area contributed by atoms with Crippen molar-refractivity contribution in [3.8, 4) is 0 Å². The van der Waals surface area contributed by atoms with Crippen molar-refractivity contribution >= 4 is 11.9 Å². The van der Waals surface area contributed by atoms with Crippen molar-refractivity contribution in [2.24, 2.45) is 4.99 Å². The van der Waals surface area contributed by atoms with E-state index in [1.165, 1.54) is 32.1 Å². The number of aliphatic imine (C=N–C) groups is 1. The van der Waals surface area contributed by atoms with Crippen molar-refractivity contribution in [3.63, 3.8) is 0 Å². The zero-order valence-electron chi connectivity index (χ0n) is 18.5. The number of hydrogen-bond donors (Lipinski definition) is 1. The van der Waals surface area contributed by atoms with Gasteiger partial charge in [-0.15, -0.1) is 0 Å². The second-order valence-corrected chi connectivity index (χ2v) is 7.98. The Kier molecular flexibility index (Phi) is 9.51. The fourth-order valence-corrected chi connectivity index (χ4v) is 4.47. The smallest absolute Gasteiger partial charge is 0.242 e. The Balaban J connectivity index is 2.10. The Hall–Kier alpha value is -1.34. The average Bonchev–Trinajstić information content (AvgIpc) is 2.73. The Bertz CT molecular complexity index is 495. The lowest BCUT2D eigenvalue weighted by Gasteiger charge is -2.47. The van der Waals surface area contributed by atoms with Crippen molar-refractivity contribution in [1.29, 1.82) is 0 Å². The molecule has 1 aliphatic carbocycles. The molecule has 0 spiro atoms. The highest BCUT2D eigenvalue weighted by Crippen LogP contribution is 2.34. The van der Waals surface area contributed by atoms with Gasteiger partial charge in [-0.2, -0.15) is 0 Å². The molecule has 1 saturated carbocycles. The summed E-state index contributed by atoms with van der Waals surface area (Å²) in [5.74, 6) is 0.986. The van der Waals surface area contributed by atoms with Gasteiger partial charge in [0.25, 0.3) is 0 Å². The van der Waals surface area contributed by atoms with Gasteiger partial charge in [-0.05, 0) is 33.6 Å². The fraction of sp³-hybridized carbons (Fsp3) is 0.905. The standard InChI is InChI=1S/C21H41N5O2/c1-5-22-20(24(4)17-19(27)25(6-2)7-3)23-18-21(11-9-8-10-12-21)26-13-15-28-16-14-26/h5-18H2,1-4H3,(H,22,23). The average molecular weight is 396 g/mol. The third kappa shape index (κ3) is 6.08. The largest absolute Gasteiger partial charge is 0.379 e. The molecule has 1 saturated heterocycles. The van der Waals surface area contributed by atoms with Gasteiger partial charge in [-0.1, -0.05) is 19.3 Å². The summed E-state index contributed by atoms with van der Waals surface area (Å²) in [6, 6.07) is 0. The molecule has 0 bridgehead atoms. The normalized spacial score (nSPS) is 20.6. The van der Waals surface area contributed by atoms with Crippen LogP contribution in [-0.2, 0) is 9.53 Å². The number of hydrogen-bond acceptors (Lipinski definition) is 4. The number of nitrogens with one attached hydrogen (secondary N) is 1. The molecule has 28 heavy (non-hydrogen) atoms. The second kappa shape index (κ2) is 11.6. The molecule has 2 fully saturated rings. The van der Waals surface area contributed by atoms with Gasteiger partial charge in [0.1, 0.15) is 0 Å². The number of morpholine rings is 1. The number of ether oxygens (including phenoxy) is 1. The number of carbonyl (C=O) groups is 1. The SMILES string of the molecule is CCNC(=NCC1(N2CCOCC2)CCCCC1)N(C)CC(=O)N(CC)CC. The van der Waals surface area contributed by atoms with Crippen LogP contribution in [-0.4, -0.2) is 98.2 Å². The Morgan fingerprint density at radius 2 is 1.75 bits per heavy atom. The first-order valence-corrected chi connectivity index (χ1v) is 11.2. The van der Waals surface area contributed by atoms with E-state index in [2.05, 4.69) is 17.1 Å². The minimum absolute atomic E-state index is 0.145. The van der Waals surface area contributed by atoms with Crippen molar-refractivity contribution in [2.45, 2.75) is 58.4 Å². The second-order valence-electron chi connectivity index (χ2n) is 7.98. The van der Waals surface area contributed by atoms with Crippen LogP contribution >= 0.6 is 0 Å². The molecule has 0 unspecified atom stereocenters. The molecule has 1 amide bonds. The van der Waals surface area contributed by atoms with Crippen molar-refractivity contribution in [2.75, 3.05) is 66.1 Å². The van der Waals surface area contributed by atoms with Gasteiger partial charge in [-0.3, -0.25) is 14.7 Å². The van der Waals surface area contributed by atoms with Gasteiger partial charge in [0.2, 0.25) is 5.91 Å². The minimum Gasteiger partial charge on any atom is -0.379 e. The van der Waals surface area contributed by atoms with Gasteiger partial charge < -0.3 is 19.9 Å². The van der Waals surface area contributed by atoms with Gasteiger partial charge >= 0.3 is 0 Å². The van der Waals surface area contributed by atoms with Crippen molar-refractivity contribution in [1.82, 2.24) is 20.0 Å². The predicted octanol–water partition coefficient (Wildman–Crippen LogP) is 1.79. The van der Waals surface area contributed by atoms with Crippen molar-refractivity contribution < 1.29 is 9.53 Å². The zero-order chi connectivity index (χ0) is 20.4. The first-order chi connectivity index (χ1) is 13.6. The Morgan fingerprint density at radius 1 is 1.11 bits per heavy atom. The van der Waals surface area contributed by atoms with E-state index in [0.717, 1.165) is 58.4 Å².